The zero-order valence-electron chi connectivity index (χ0n) is 21.3. The molecule has 1 atom stereocenters. The van der Waals surface area contributed by atoms with E-state index in [0.29, 0.717) is 51.8 Å². The Morgan fingerprint density at radius 1 is 1.03 bits per heavy atom. The number of aliphatic imine (C=N–C) groups is 1. The first-order valence-corrected chi connectivity index (χ1v) is 13.1. The summed E-state index contributed by atoms with van der Waals surface area (Å²) in [4.78, 5) is 32.8. The van der Waals surface area contributed by atoms with Crippen molar-refractivity contribution >= 4 is 51.7 Å². The molecule has 38 heavy (non-hydrogen) atoms. The molecule has 1 aliphatic heterocycles. The highest BCUT2D eigenvalue weighted by atomic mass is 35.5. The van der Waals surface area contributed by atoms with Gasteiger partial charge in [-0.15, -0.1) is 0 Å². The molecule has 2 amide bonds. The maximum absolute atomic E-state index is 13.3. The molecule has 1 heterocycles. The van der Waals surface area contributed by atoms with Gasteiger partial charge in [0.05, 0.1) is 27.0 Å². The molecule has 0 aliphatic carbocycles. The number of hydrogen-bond donors (Lipinski definition) is 1. The Morgan fingerprint density at radius 2 is 1.79 bits per heavy atom. The molecule has 1 saturated heterocycles. The highest BCUT2D eigenvalue weighted by Crippen LogP contribution is 2.32. The van der Waals surface area contributed by atoms with Gasteiger partial charge in [0, 0.05) is 23.7 Å². The second kappa shape index (κ2) is 12.7. The van der Waals surface area contributed by atoms with Gasteiger partial charge in [0.25, 0.3) is 0 Å². The molecule has 1 fully saturated rings. The molecule has 3 aromatic carbocycles. The van der Waals surface area contributed by atoms with Gasteiger partial charge in [-0.05, 0) is 66.6 Å². The molecule has 1 N–H and O–H groups in total. The summed E-state index contributed by atoms with van der Waals surface area (Å²) < 4.78 is 16.0. The summed E-state index contributed by atoms with van der Waals surface area (Å²) in [6.45, 7) is 0.388. The molecule has 3 aromatic rings. The van der Waals surface area contributed by atoms with Gasteiger partial charge in [-0.2, -0.15) is 0 Å². The molecule has 0 radical (unpaired) electrons. The molecule has 0 unspecified atom stereocenters. The standard InChI is InChI=1S/C28H28ClN3O5S/c1-35-22-10-8-20(9-11-22)31-28-32(14-13-18-7-12-23(36-2)24(15-18)37-3)26(33)17-25(38-28)27(34)30-21-6-4-5-19(29)16-21/h4-12,15-16,25H,13-14,17H2,1-3H3,(H,30,34)/t25-/m1/s1. The van der Waals surface area contributed by atoms with Crippen molar-refractivity contribution in [3.63, 3.8) is 0 Å². The lowest BCUT2D eigenvalue weighted by Crippen LogP contribution is -2.46. The number of carbonyl (C=O) groups is 2. The van der Waals surface area contributed by atoms with Crippen LogP contribution in [0.1, 0.15) is 12.0 Å². The molecule has 198 valence electrons. The van der Waals surface area contributed by atoms with Crippen molar-refractivity contribution in [2.24, 2.45) is 4.99 Å². The monoisotopic (exact) mass is 553 g/mol. The van der Waals surface area contributed by atoms with E-state index in [4.69, 9.17) is 30.8 Å². The number of amidine groups is 1. The summed E-state index contributed by atoms with van der Waals surface area (Å²) in [6, 6.07) is 19.8. The van der Waals surface area contributed by atoms with Crippen molar-refractivity contribution in [2.75, 3.05) is 33.2 Å². The summed E-state index contributed by atoms with van der Waals surface area (Å²) in [5.41, 5.74) is 2.19. The van der Waals surface area contributed by atoms with Gasteiger partial charge in [-0.25, -0.2) is 4.99 Å². The summed E-state index contributed by atoms with van der Waals surface area (Å²) >= 11 is 7.32. The first kappa shape index (κ1) is 27.3. The fourth-order valence-electron chi connectivity index (χ4n) is 3.89. The van der Waals surface area contributed by atoms with Crippen LogP contribution in [0.4, 0.5) is 11.4 Å². The highest BCUT2D eigenvalue weighted by Gasteiger charge is 2.36. The normalized spacial score (nSPS) is 16.3. The van der Waals surface area contributed by atoms with Crippen LogP contribution in [0, 0.1) is 0 Å². The maximum atomic E-state index is 13.3. The van der Waals surface area contributed by atoms with E-state index >= 15 is 0 Å². The third-order valence-electron chi connectivity index (χ3n) is 5.89. The molecule has 0 aromatic heterocycles. The Kier molecular flexibility index (Phi) is 9.15. The average molecular weight is 554 g/mol. The van der Waals surface area contributed by atoms with Gasteiger partial charge >= 0.3 is 0 Å². The van der Waals surface area contributed by atoms with Crippen molar-refractivity contribution in [2.45, 2.75) is 18.1 Å². The van der Waals surface area contributed by atoms with Gasteiger partial charge in [0.1, 0.15) is 11.0 Å². The van der Waals surface area contributed by atoms with Crippen LogP contribution in [0.2, 0.25) is 5.02 Å². The van der Waals surface area contributed by atoms with E-state index in [1.807, 2.05) is 18.2 Å². The SMILES string of the molecule is COc1ccc(N=C2S[C@@H](C(=O)Nc3cccc(Cl)c3)CC(=O)N2CCc2ccc(OC)c(OC)c2)cc1. The van der Waals surface area contributed by atoms with E-state index in [2.05, 4.69) is 5.32 Å². The molecule has 0 saturated carbocycles. The minimum absolute atomic E-state index is 0.0463. The Hall–Kier alpha value is -3.69. The molecule has 0 bridgehead atoms. The van der Waals surface area contributed by atoms with Gasteiger partial charge in [-0.1, -0.05) is 35.5 Å². The number of rotatable bonds is 9. The predicted octanol–water partition coefficient (Wildman–Crippen LogP) is 5.57. The average Bonchev–Trinajstić information content (AvgIpc) is 2.92. The van der Waals surface area contributed by atoms with E-state index in [-0.39, 0.29) is 18.2 Å². The molecule has 4 rings (SSSR count). The van der Waals surface area contributed by atoms with Gasteiger partial charge < -0.3 is 19.5 Å². The zero-order valence-corrected chi connectivity index (χ0v) is 22.8. The minimum atomic E-state index is -0.643. The molecule has 8 nitrogen and oxygen atoms in total. The summed E-state index contributed by atoms with van der Waals surface area (Å²) in [5, 5.41) is 3.18. The summed E-state index contributed by atoms with van der Waals surface area (Å²) in [6.07, 6.45) is 0.609. The second-order valence-electron chi connectivity index (χ2n) is 8.39. The number of ether oxygens (including phenoxy) is 3. The van der Waals surface area contributed by atoms with Crippen molar-refractivity contribution in [1.29, 1.82) is 0 Å². The second-order valence-corrected chi connectivity index (χ2v) is 9.99. The Bertz CT molecular complexity index is 1330. The molecular weight excluding hydrogens is 526 g/mol. The molecule has 1 aliphatic rings. The predicted molar refractivity (Wildman–Crippen MR) is 151 cm³/mol. The zero-order chi connectivity index (χ0) is 27.1. The van der Waals surface area contributed by atoms with Crippen LogP contribution in [0.5, 0.6) is 17.2 Å². The summed E-state index contributed by atoms with van der Waals surface area (Å²) in [7, 11) is 4.76. The lowest BCUT2D eigenvalue weighted by molar-refractivity contribution is -0.129. The van der Waals surface area contributed by atoms with Crippen LogP contribution in [0.25, 0.3) is 0 Å². The lowest BCUT2D eigenvalue weighted by Gasteiger charge is -2.32. The van der Waals surface area contributed by atoms with E-state index in [1.165, 1.54) is 11.8 Å². The molecular formula is C28H28ClN3O5S. The number of nitrogens with one attached hydrogen (secondary N) is 1. The van der Waals surface area contributed by atoms with Gasteiger partial charge in [0.2, 0.25) is 11.8 Å². The number of nitrogens with zero attached hydrogens (tertiary/aromatic N) is 2. The van der Waals surface area contributed by atoms with Crippen LogP contribution < -0.4 is 19.5 Å². The topological polar surface area (TPSA) is 89.5 Å². The first-order chi connectivity index (χ1) is 18.4. The smallest absolute Gasteiger partial charge is 0.238 e. The minimum Gasteiger partial charge on any atom is -0.497 e. The van der Waals surface area contributed by atoms with Crippen LogP contribution in [-0.2, 0) is 16.0 Å². The third kappa shape index (κ3) is 6.79. The Balaban J connectivity index is 1.56. The fraction of sp³-hybridized carbons (Fsp3) is 0.250. The Morgan fingerprint density at radius 3 is 2.47 bits per heavy atom. The third-order valence-corrected chi connectivity index (χ3v) is 7.32. The first-order valence-electron chi connectivity index (χ1n) is 11.9. The van der Waals surface area contributed by atoms with Crippen LogP contribution in [0.15, 0.2) is 71.7 Å². The van der Waals surface area contributed by atoms with Crippen molar-refractivity contribution in [3.05, 3.63) is 77.3 Å². The number of amides is 2. The molecule has 10 heteroatoms. The fourth-order valence-corrected chi connectivity index (χ4v) is 5.21. The van der Waals surface area contributed by atoms with Crippen LogP contribution >= 0.6 is 23.4 Å². The highest BCUT2D eigenvalue weighted by molar-refractivity contribution is 8.15. The number of anilines is 1. The Labute approximate surface area is 230 Å². The van der Waals surface area contributed by atoms with Crippen molar-refractivity contribution < 1.29 is 23.8 Å². The van der Waals surface area contributed by atoms with Crippen molar-refractivity contribution in [3.8, 4) is 17.2 Å². The largest absolute Gasteiger partial charge is 0.497 e. The number of methoxy groups -OCH3 is 3. The van der Waals surface area contributed by atoms with Gasteiger partial charge in [0.15, 0.2) is 16.7 Å². The number of benzene rings is 3. The van der Waals surface area contributed by atoms with Crippen LogP contribution in [-0.4, -0.2) is 55.0 Å². The van der Waals surface area contributed by atoms with Crippen molar-refractivity contribution in [1.82, 2.24) is 4.90 Å². The lowest BCUT2D eigenvalue weighted by atomic mass is 10.1. The summed E-state index contributed by atoms with van der Waals surface area (Å²) in [5.74, 6) is 1.49. The van der Waals surface area contributed by atoms with E-state index in [9.17, 15) is 9.59 Å². The maximum Gasteiger partial charge on any atom is 0.238 e. The number of thioether (sulfide) groups is 1. The van der Waals surface area contributed by atoms with E-state index in [0.717, 1.165) is 5.56 Å². The van der Waals surface area contributed by atoms with E-state index < -0.39 is 5.25 Å². The number of halogens is 1. The van der Waals surface area contributed by atoms with Gasteiger partial charge in [-0.3, -0.25) is 14.5 Å². The molecule has 0 spiro atoms. The number of carbonyl (C=O) groups excluding carboxylic acids is 2. The van der Waals surface area contributed by atoms with Crippen LogP contribution in [0.3, 0.4) is 0 Å². The van der Waals surface area contributed by atoms with E-state index in [1.54, 1.807) is 74.8 Å². The number of hydrogen-bond acceptors (Lipinski definition) is 7. The quantitative estimate of drug-likeness (QED) is 0.373.